The molecule has 0 aliphatic heterocycles. The number of aliphatic imine (C=N–C) groups is 1. The summed E-state index contributed by atoms with van der Waals surface area (Å²) in [4.78, 5) is 4.86. The van der Waals surface area contributed by atoms with E-state index in [1.165, 1.54) is 42.0 Å². The average molecular weight is 359 g/mol. The summed E-state index contributed by atoms with van der Waals surface area (Å²) in [7, 11) is 0. The van der Waals surface area contributed by atoms with E-state index in [1.807, 2.05) is 12.1 Å². The van der Waals surface area contributed by atoms with Gasteiger partial charge in [0, 0.05) is 11.7 Å². The summed E-state index contributed by atoms with van der Waals surface area (Å²) in [6, 6.07) is 22.3. The van der Waals surface area contributed by atoms with Gasteiger partial charge in [-0.3, -0.25) is 0 Å². The number of anilines is 1. The normalized spacial score (nSPS) is 15.2. The Morgan fingerprint density at radius 2 is 1.67 bits per heavy atom. The van der Waals surface area contributed by atoms with Gasteiger partial charge in [0.2, 0.25) is 0 Å². The van der Waals surface area contributed by atoms with E-state index in [2.05, 4.69) is 53.1 Å². The van der Waals surface area contributed by atoms with Gasteiger partial charge < -0.3 is 15.7 Å². The lowest BCUT2D eigenvalue weighted by Crippen LogP contribution is -2.37. The molecular weight excluding hydrogens is 334 g/mol. The first-order valence-electron chi connectivity index (χ1n) is 9.61. The van der Waals surface area contributed by atoms with Crippen molar-refractivity contribution in [3.8, 4) is 5.75 Å². The molecule has 3 aromatic rings. The van der Waals surface area contributed by atoms with E-state index < -0.39 is 0 Å². The molecule has 27 heavy (non-hydrogen) atoms. The van der Waals surface area contributed by atoms with E-state index >= 15 is 0 Å². The molecule has 0 heterocycles. The molecule has 0 aromatic heterocycles. The van der Waals surface area contributed by atoms with Crippen molar-refractivity contribution in [2.24, 2.45) is 4.99 Å². The largest absolute Gasteiger partial charge is 0.508 e. The highest BCUT2D eigenvalue weighted by molar-refractivity contribution is 5.94. The van der Waals surface area contributed by atoms with Crippen LogP contribution in [-0.2, 0) is 6.54 Å². The summed E-state index contributed by atoms with van der Waals surface area (Å²) in [5, 5.41) is 18.9. The fraction of sp³-hybridized carbons (Fsp3) is 0.261. The monoisotopic (exact) mass is 359 g/mol. The Bertz CT molecular complexity index is 923. The van der Waals surface area contributed by atoms with Crippen molar-refractivity contribution in [3.05, 3.63) is 72.3 Å². The summed E-state index contributed by atoms with van der Waals surface area (Å²) >= 11 is 0. The van der Waals surface area contributed by atoms with Crippen molar-refractivity contribution in [3.63, 3.8) is 0 Å². The third-order valence-corrected chi connectivity index (χ3v) is 5.11. The molecular formula is C23H25N3O. The molecule has 0 spiro atoms. The van der Waals surface area contributed by atoms with Gasteiger partial charge >= 0.3 is 0 Å². The third-order valence-electron chi connectivity index (χ3n) is 5.11. The molecule has 0 bridgehead atoms. The van der Waals surface area contributed by atoms with Crippen molar-refractivity contribution >= 4 is 22.4 Å². The number of nitrogens with one attached hydrogen (secondary N) is 2. The van der Waals surface area contributed by atoms with Crippen LogP contribution in [0.3, 0.4) is 0 Å². The summed E-state index contributed by atoms with van der Waals surface area (Å²) in [6.45, 7) is 0.613. The molecule has 4 rings (SSSR count). The molecule has 1 aliphatic rings. The zero-order valence-electron chi connectivity index (χ0n) is 15.4. The van der Waals surface area contributed by atoms with Gasteiger partial charge in [0.1, 0.15) is 5.75 Å². The maximum absolute atomic E-state index is 9.50. The Hall–Kier alpha value is -3.01. The number of benzene rings is 3. The van der Waals surface area contributed by atoms with Gasteiger partial charge in [0.15, 0.2) is 5.96 Å². The van der Waals surface area contributed by atoms with Crippen LogP contribution in [0.1, 0.15) is 31.2 Å². The van der Waals surface area contributed by atoms with E-state index in [0.29, 0.717) is 12.6 Å². The molecule has 138 valence electrons. The maximum atomic E-state index is 9.50. The minimum absolute atomic E-state index is 0.263. The second kappa shape index (κ2) is 8.12. The molecule has 0 radical (unpaired) electrons. The van der Waals surface area contributed by atoms with Crippen LogP contribution in [0.2, 0.25) is 0 Å². The van der Waals surface area contributed by atoms with Crippen LogP contribution in [0.25, 0.3) is 10.8 Å². The number of guanidine groups is 1. The summed E-state index contributed by atoms with van der Waals surface area (Å²) in [5.41, 5.74) is 2.13. The summed E-state index contributed by atoms with van der Waals surface area (Å²) in [5.74, 6) is 1.05. The van der Waals surface area contributed by atoms with Crippen molar-refractivity contribution < 1.29 is 5.11 Å². The fourth-order valence-electron chi connectivity index (χ4n) is 3.66. The molecule has 0 saturated heterocycles. The number of nitrogens with zero attached hydrogens (tertiary/aromatic N) is 1. The number of rotatable bonds is 4. The molecule has 4 heteroatoms. The van der Waals surface area contributed by atoms with Gasteiger partial charge in [-0.25, -0.2) is 4.99 Å². The topological polar surface area (TPSA) is 56.6 Å². The SMILES string of the molecule is Oc1ccc(NC(=NCc2cccc3ccccc23)NC2CCCC2)cc1. The summed E-state index contributed by atoms with van der Waals surface area (Å²) in [6.07, 6.45) is 4.91. The Morgan fingerprint density at radius 1 is 0.926 bits per heavy atom. The number of hydrogen-bond donors (Lipinski definition) is 3. The van der Waals surface area contributed by atoms with Crippen molar-refractivity contribution in [2.75, 3.05) is 5.32 Å². The second-order valence-corrected chi connectivity index (χ2v) is 7.10. The van der Waals surface area contributed by atoms with Crippen LogP contribution in [0.15, 0.2) is 71.7 Å². The van der Waals surface area contributed by atoms with Crippen LogP contribution in [0.4, 0.5) is 5.69 Å². The molecule has 0 amide bonds. The van der Waals surface area contributed by atoms with Crippen LogP contribution in [-0.4, -0.2) is 17.1 Å². The molecule has 1 fully saturated rings. The highest BCUT2D eigenvalue weighted by Gasteiger charge is 2.16. The molecule has 3 N–H and O–H groups in total. The molecule has 4 nitrogen and oxygen atoms in total. The minimum Gasteiger partial charge on any atom is -0.508 e. The lowest BCUT2D eigenvalue weighted by atomic mass is 10.1. The van der Waals surface area contributed by atoms with Crippen LogP contribution in [0.5, 0.6) is 5.75 Å². The zero-order valence-corrected chi connectivity index (χ0v) is 15.4. The fourth-order valence-corrected chi connectivity index (χ4v) is 3.66. The van der Waals surface area contributed by atoms with Gasteiger partial charge in [-0.2, -0.15) is 0 Å². The van der Waals surface area contributed by atoms with Gasteiger partial charge in [-0.1, -0.05) is 55.3 Å². The van der Waals surface area contributed by atoms with E-state index in [1.54, 1.807) is 12.1 Å². The van der Waals surface area contributed by atoms with Crippen molar-refractivity contribution in [2.45, 2.75) is 38.3 Å². The van der Waals surface area contributed by atoms with E-state index in [0.717, 1.165) is 11.6 Å². The number of fused-ring (bicyclic) bond motifs is 1. The molecule has 0 unspecified atom stereocenters. The smallest absolute Gasteiger partial charge is 0.196 e. The number of aromatic hydroxyl groups is 1. The lowest BCUT2D eigenvalue weighted by molar-refractivity contribution is 0.475. The van der Waals surface area contributed by atoms with Gasteiger partial charge in [0.25, 0.3) is 0 Å². The predicted molar refractivity (Wildman–Crippen MR) is 112 cm³/mol. The van der Waals surface area contributed by atoms with Crippen LogP contribution in [0, 0.1) is 0 Å². The highest BCUT2D eigenvalue weighted by Crippen LogP contribution is 2.21. The van der Waals surface area contributed by atoms with E-state index in [-0.39, 0.29) is 5.75 Å². The highest BCUT2D eigenvalue weighted by atomic mass is 16.3. The van der Waals surface area contributed by atoms with Gasteiger partial charge in [-0.05, 0) is 53.4 Å². The lowest BCUT2D eigenvalue weighted by Gasteiger charge is -2.18. The van der Waals surface area contributed by atoms with Gasteiger partial charge in [0.05, 0.1) is 6.54 Å². The number of phenols is 1. The molecule has 1 saturated carbocycles. The van der Waals surface area contributed by atoms with Crippen molar-refractivity contribution in [1.82, 2.24) is 5.32 Å². The average Bonchev–Trinajstić information content (AvgIpc) is 3.21. The first-order chi connectivity index (χ1) is 13.3. The number of phenolic OH excluding ortho intramolecular Hbond substituents is 1. The summed E-state index contributed by atoms with van der Waals surface area (Å²) < 4.78 is 0. The Balaban J connectivity index is 1.57. The van der Waals surface area contributed by atoms with E-state index in [9.17, 15) is 5.11 Å². The maximum Gasteiger partial charge on any atom is 0.196 e. The molecule has 3 aromatic carbocycles. The third kappa shape index (κ3) is 4.40. The van der Waals surface area contributed by atoms with Crippen LogP contribution >= 0.6 is 0 Å². The Labute approximate surface area is 160 Å². The minimum atomic E-state index is 0.263. The zero-order chi connectivity index (χ0) is 18.5. The predicted octanol–water partition coefficient (Wildman–Crippen LogP) is 5.05. The molecule has 1 aliphatic carbocycles. The molecule has 0 atom stereocenters. The first kappa shape index (κ1) is 17.4. The first-order valence-corrected chi connectivity index (χ1v) is 9.61. The second-order valence-electron chi connectivity index (χ2n) is 7.10. The van der Waals surface area contributed by atoms with E-state index in [4.69, 9.17) is 4.99 Å². The van der Waals surface area contributed by atoms with Gasteiger partial charge in [-0.15, -0.1) is 0 Å². The van der Waals surface area contributed by atoms with Crippen LogP contribution < -0.4 is 10.6 Å². The Morgan fingerprint density at radius 3 is 2.48 bits per heavy atom. The quantitative estimate of drug-likeness (QED) is 0.347. The number of hydrogen-bond acceptors (Lipinski definition) is 2. The standard InChI is InChI=1S/C23H25N3O/c27-21-14-12-20(13-15-21)26-23(25-19-9-2-3-10-19)24-16-18-8-5-7-17-6-1-4-11-22(17)18/h1,4-8,11-15,19,27H,2-3,9-10,16H2,(H2,24,25,26). The Kier molecular flexibility index (Phi) is 5.24. The van der Waals surface area contributed by atoms with Crippen molar-refractivity contribution in [1.29, 1.82) is 0 Å².